The number of nitrogens with one attached hydrogen (secondary N) is 1. The highest BCUT2D eigenvalue weighted by Crippen LogP contribution is 2.32. The molecular formula is C27H30FN5O4S. The first-order chi connectivity index (χ1) is 18.3. The van der Waals surface area contributed by atoms with Crippen molar-refractivity contribution in [2.45, 2.75) is 50.7 Å². The molecule has 1 heterocycles. The van der Waals surface area contributed by atoms with Crippen LogP contribution in [0.25, 0.3) is 0 Å². The molecule has 200 valence electrons. The smallest absolute Gasteiger partial charge is 0.270 e. The van der Waals surface area contributed by atoms with Crippen molar-refractivity contribution in [3.8, 4) is 5.75 Å². The van der Waals surface area contributed by atoms with Crippen LogP contribution in [0.3, 0.4) is 0 Å². The number of hydrogen-bond acceptors (Lipinski definition) is 7. The fourth-order valence-corrected chi connectivity index (χ4v) is 5.46. The first-order valence-electron chi connectivity index (χ1n) is 12.3. The molecule has 3 amide bonds. The molecule has 2 aromatic carbocycles. The summed E-state index contributed by atoms with van der Waals surface area (Å²) in [5, 5.41) is 3.10. The van der Waals surface area contributed by atoms with E-state index in [0.717, 1.165) is 43.6 Å². The van der Waals surface area contributed by atoms with Crippen LogP contribution in [0.4, 0.5) is 10.1 Å². The maximum atomic E-state index is 14.1. The van der Waals surface area contributed by atoms with Crippen molar-refractivity contribution >= 4 is 34.9 Å². The van der Waals surface area contributed by atoms with E-state index in [0.29, 0.717) is 16.9 Å². The zero-order valence-electron chi connectivity index (χ0n) is 21.0. The second-order valence-corrected chi connectivity index (χ2v) is 9.95. The Morgan fingerprint density at radius 3 is 2.45 bits per heavy atom. The van der Waals surface area contributed by atoms with E-state index in [1.807, 2.05) is 0 Å². The quantitative estimate of drug-likeness (QED) is 0.378. The molecule has 11 heteroatoms. The van der Waals surface area contributed by atoms with E-state index in [9.17, 15) is 18.8 Å². The number of para-hydroxylation sites is 1. The molecule has 5 N–H and O–H groups in total. The van der Waals surface area contributed by atoms with Gasteiger partial charge in [-0.3, -0.25) is 14.4 Å². The molecule has 38 heavy (non-hydrogen) atoms. The molecule has 1 aliphatic rings. The van der Waals surface area contributed by atoms with E-state index in [1.165, 1.54) is 36.3 Å². The van der Waals surface area contributed by atoms with Crippen LogP contribution in [0.15, 0.2) is 48.5 Å². The molecule has 9 nitrogen and oxygen atoms in total. The Labute approximate surface area is 224 Å². The molecule has 0 aliphatic heterocycles. The van der Waals surface area contributed by atoms with Crippen molar-refractivity contribution < 1.29 is 23.5 Å². The fraction of sp³-hybridized carbons (Fsp3) is 0.333. The molecule has 1 fully saturated rings. The summed E-state index contributed by atoms with van der Waals surface area (Å²) >= 11 is 0.734. The third-order valence-corrected chi connectivity index (χ3v) is 7.50. The van der Waals surface area contributed by atoms with Crippen LogP contribution in [0, 0.1) is 5.82 Å². The van der Waals surface area contributed by atoms with Gasteiger partial charge in [-0.25, -0.2) is 4.39 Å². The van der Waals surface area contributed by atoms with E-state index >= 15 is 0 Å². The lowest BCUT2D eigenvalue weighted by atomic mass is 9.94. The van der Waals surface area contributed by atoms with Crippen LogP contribution >= 0.6 is 11.5 Å². The number of carbonyl (C=O) groups is 3. The van der Waals surface area contributed by atoms with Crippen LogP contribution in [-0.4, -0.2) is 40.1 Å². The van der Waals surface area contributed by atoms with Gasteiger partial charge in [-0.15, -0.1) is 0 Å². The number of primary amides is 1. The summed E-state index contributed by atoms with van der Waals surface area (Å²) in [5.41, 5.74) is 12.2. The Morgan fingerprint density at radius 2 is 1.82 bits per heavy atom. The second-order valence-electron chi connectivity index (χ2n) is 9.18. The van der Waals surface area contributed by atoms with Crippen LogP contribution < -0.4 is 21.5 Å². The highest BCUT2D eigenvalue weighted by atomic mass is 32.1. The molecule has 4 rings (SSSR count). The number of hydrogen-bond donors (Lipinski definition) is 3. The average Bonchev–Trinajstić information content (AvgIpc) is 3.31. The number of nitrogens with two attached hydrogens (primary N) is 2. The summed E-state index contributed by atoms with van der Waals surface area (Å²) in [5.74, 6) is -1.83. The highest BCUT2D eigenvalue weighted by molar-refractivity contribution is 7.09. The number of nitrogen functional groups attached to an aromatic ring is 1. The number of methoxy groups -OCH3 is 1. The van der Waals surface area contributed by atoms with Gasteiger partial charge in [0.1, 0.15) is 22.5 Å². The fourth-order valence-electron chi connectivity index (χ4n) is 4.70. The van der Waals surface area contributed by atoms with Gasteiger partial charge < -0.3 is 26.4 Å². The average molecular weight is 540 g/mol. The molecule has 0 bridgehead atoms. The van der Waals surface area contributed by atoms with E-state index in [1.54, 1.807) is 24.3 Å². The number of benzene rings is 2. The Morgan fingerprint density at radius 1 is 1.13 bits per heavy atom. The van der Waals surface area contributed by atoms with E-state index in [2.05, 4.69) is 9.69 Å². The van der Waals surface area contributed by atoms with E-state index < -0.39 is 29.6 Å². The van der Waals surface area contributed by atoms with E-state index in [4.69, 9.17) is 16.2 Å². The van der Waals surface area contributed by atoms with Crippen LogP contribution in [-0.2, 0) is 11.3 Å². The summed E-state index contributed by atoms with van der Waals surface area (Å²) in [7, 11) is 1.51. The monoisotopic (exact) mass is 539 g/mol. The number of amides is 3. The Hall–Kier alpha value is -3.99. The largest absolute Gasteiger partial charge is 0.496 e. The summed E-state index contributed by atoms with van der Waals surface area (Å²) < 4.78 is 23.3. The lowest BCUT2D eigenvalue weighted by Gasteiger charge is -2.33. The van der Waals surface area contributed by atoms with E-state index in [-0.39, 0.29) is 28.8 Å². The van der Waals surface area contributed by atoms with Gasteiger partial charge in [-0.2, -0.15) is 4.37 Å². The molecule has 1 saturated carbocycles. The minimum absolute atomic E-state index is 0.0220. The third-order valence-electron chi connectivity index (χ3n) is 6.65. The zero-order valence-corrected chi connectivity index (χ0v) is 21.8. The highest BCUT2D eigenvalue weighted by Gasteiger charge is 2.36. The summed E-state index contributed by atoms with van der Waals surface area (Å²) in [6, 6.07) is 11.4. The normalized spacial score (nSPS) is 14.5. The van der Waals surface area contributed by atoms with Gasteiger partial charge in [-0.05, 0) is 48.1 Å². The predicted octanol–water partition coefficient (Wildman–Crippen LogP) is 3.80. The van der Waals surface area contributed by atoms with Crippen molar-refractivity contribution in [3.63, 3.8) is 0 Å². The van der Waals surface area contributed by atoms with Gasteiger partial charge in [0, 0.05) is 11.6 Å². The van der Waals surface area contributed by atoms with Crippen molar-refractivity contribution in [3.05, 3.63) is 76.0 Å². The number of anilines is 1. The molecule has 0 spiro atoms. The first kappa shape index (κ1) is 27.1. The Balaban J connectivity index is 1.81. The lowest BCUT2D eigenvalue weighted by molar-refractivity contribution is -0.127. The zero-order chi connectivity index (χ0) is 27.2. The summed E-state index contributed by atoms with van der Waals surface area (Å²) in [6.07, 6.45) is 4.80. The van der Waals surface area contributed by atoms with Crippen molar-refractivity contribution in [1.29, 1.82) is 0 Å². The van der Waals surface area contributed by atoms with Gasteiger partial charge in [0.15, 0.2) is 5.69 Å². The number of nitrogens with zero attached hydrogens (tertiary/aromatic N) is 2. The van der Waals surface area contributed by atoms with Crippen LogP contribution in [0.1, 0.15) is 69.4 Å². The molecule has 0 saturated heterocycles. The van der Waals surface area contributed by atoms with Crippen LogP contribution in [0.5, 0.6) is 5.75 Å². The third kappa shape index (κ3) is 5.94. The lowest BCUT2D eigenvalue weighted by Crippen LogP contribution is -2.46. The van der Waals surface area contributed by atoms with Crippen molar-refractivity contribution in [2.75, 3.05) is 12.8 Å². The molecule has 3 aromatic rings. The first-order valence-corrected chi connectivity index (χ1v) is 13.1. The molecular weight excluding hydrogens is 509 g/mol. The van der Waals surface area contributed by atoms with Crippen LogP contribution in [0.2, 0.25) is 0 Å². The Bertz CT molecular complexity index is 1310. The number of halogens is 1. The minimum atomic E-state index is -1.13. The second kappa shape index (κ2) is 12.0. The maximum Gasteiger partial charge on any atom is 0.270 e. The number of ether oxygens (including phenoxy) is 1. The molecule has 1 aromatic heterocycles. The van der Waals surface area contributed by atoms with Gasteiger partial charge in [-0.1, -0.05) is 49.6 Å². The topological polar surface area (TPSA) is 141 Å². The Kier molecular flexibility index (Phi) is 8.57. The predicted molar refractivity (Wildman–Crippen MR) is 142 cm³/mol. The number of carbonyl (C=O) groups excluding carboxylic acids is 3. The molecule has 1 unspecified atom stereocenters. The van der Waals surface area contributed by atoms with Crippen molar-refractivity contribution in [1.82, 2.24) is 14.6 Å². The molecule has 1 atom stereocenters. The summed E-state index contributed by atoms with van der Waals surface area (Å²) in [6.45, 7) is -0.0355. The standard InChI is InChI=1S/C27H30FN5O4S/c1-37-20-10-6-5-7-17(20)15-33(27(36)24-21(29)22(25(30)34)32-38-24)23(16-11-13-18(28)14-12-16)26(35)31-19-8-3-2-4-9-19/h5-7,10-14,19,23H,2-4,8-9,15,29H2,1H3,(H2,30,34)(H,31,35). The number of aromatic nitrogens is 1. The SMILES string of the molecule is COc1ccccc1CN(C(=O)c1snc(C(N)=O)c1N)C(C(=O)NC1CCCCC1)c1ccc(F)cc1. The summed E-state index contributed by atoms with van der Waals surface area (Å²) in [4.78, 5) is 41.0. The minimum Gasteiger partial charge on any atom is -0.496 e. The number of rotatable bonds is 9. The van der Waals surface area contributed by atoms with Gasteiger partial charge in [0.05, 0.1) is 19.3 Å². The van der Waals surface area contributed by atoms with Gasteiger partial charge in [0.25, 0.3) is 11.8 Å². The molecule has 0 radical (unpaired) electrons. The molecule has 1 aliphatic carbocycles. The van der Waals surface area contributed by atoms with Crippen molar-refractivity contribution in [2.24, 2.45) is 5.73 Å². The van der Waals surface area contributed by atoms with Gasteiger partial charge in [0.2, 0.25) is 5.91 Å². The van der Waals surface area contributed by atoms with Gasteiger partial charge >= 0.3 is 0 Å². The maximum absolute atomic E-state index is 14.1.